The van der Waals surface area contributed by atoms with Crippen LogP contribution in [0.4, 0.5) is 0 Å². The van der Waals surface area contributed by atoms with Crippen LogP contribution in [-0.4, -0.2) is 24.1 Å². The summed E-state index contributed by atoms with van der Waals surface area (Å²) in [5.41, 5.74) is 1.41. The van der Waals surface area contributed by atoms with Crippen molar-refractivity contribution >= 4 is 23.4 Å². The zero-order valence-electron chi connectivity index (χ0n) is 10.3. The highest BCUT2D eigenvalue weighted by atomic mass is 35.5. The van der Waals surface area contributed by atoms with E-state index < -0.39 is 0 Å². The van der Waals surface area contributed by atoms with Crippen molar-refractivity contribution in [2.24, 2.45) is 5.92 Å². The molecule has 0 bridgehead atoms. The molecule has 17 heavy (non-hydrogen) atoms. The molecule has 1 heterocycles. The van der Waals surface area contributed by atoms with E-state index in [2.05, 4.69) is 36.1 Å². The Balaban J connectivity index is 1.90. The molecule has 1 aliphatic heterocycles. The molecule has 94 valence electrons. The molecule has 0 radical (unpaired) electrons. The van der Waals surface area contributed by atoms with Gasteiger partial charge in [0, 0.05) is 16.8 Å². The van der Waals surface area contributed by atoms with E-state index in [1.807, 2.05) is 12.1 Å². The quantitative estimate of drug-likeness (QED) is 0.876. The lowest BCUT2D eigenvalue weighted by atomic mass is 9.95. The van der Waals surface area contributed by atoms with Crippen molar-refractivity contribution in [3.8, 4) is 0 Å². The molecule has 2 unspecified atom stereocenters. The Morgan fingerprint density at radius 1 is 1.29 bits per heavy atom. The Hall–Kier alpha value is -0.180. The first-order chi connectivity index (χ1) is 8.29. The highest BCUT2D eigenvalue weighted by Gasteiger charge is 2.26. The van der Waals surface area contributed by atoms with Gasteiger partial charge in [0.1, 0.15) is 0 Å². The highest BCUT2D eigenvalue weighted by molar-refractivity contribution is 7.99. The van der Waals surface area contributed by atoms with E-state index >= 15 is 0 Å². The Labute approximate surface area is 113 Å². The third kappa shape index (κ3) is 3.90. The fourth-order valence-electron chi connectivity index (χ4n) is 2.28. The lowest BCUT2D eigenvalue weighted by molar-refractivity contribution is 0.425. The second-order valence-electron chi connectivity index (χ2n) is 4.69. The number of thioether (sulfide) groups is 1. The molecule has 1 nitrogen and oxygen atoms in total. The van der Waals surface area contributed by atoms with Crippen molar-refractivity contribution in [1.82, 2.24) is 5.32 Å². The largest absolute Gasteiger partial charge is 0.313 e. The van der Waals surface area contributed by atoms with Gasteiger partial charge in [-0.15, -0.1) is 0 Å². The molecule has 1 aliphatic rings. The van der Waals surface area contributed by atoms with Crippen molar-refractivity contribution in [2.75, 3.05) is 18.1 Å². The maximum atomic E-state index is 5.91. The smallest absolute Gasteiger partial charge is 0.0406 e. The fraction of sp³-hybridized carbons (Fsp3) is 0.571. The van der Waals surface area contributed by atoms with E-state index in [0.717, 1.165) is 17.5 Å². The van der Waals surface area contributed by atoms with Gasteiger partial charge in [0.15, 0.2) is 0 Å². The molecule has 1 saturated heterocycles. The van der Waals surface area contributed by atoms with Crippen molar-refractivity contribution < 1.29 is 0 Å². The van der Waals surface area contributed by atoms with Crippen LogP contribution >= 0.6 is 23.4 Å². The first-order valence-corrected chi connectivity index (χ1v) is 7.88. The van der Waals surface area contributed by atoms with E-state index in [4.69, 9.17) is 11.6 Å². The molecular weight excluding hydrogens is 250 g/mol. The topological polar surface area (TPSA) is 12.0 Å². The van der Waals surface area contributed by atoms with Crippen LogP contribution < -0.4 is 5.32 Å². The number of rotatable bonds is 5. The van der Waals surface area contributed by atoms with Crippen LogP contribution in [0.15, 0.2) is 24.3 Å². The monoisotopic (exact) mass is 269 g/mol. The Morgan fingerprint density at radius 3 is 2.76 bits per heavy atom. The van der Waals surface area contributed by atoms with Gasteiger partial charge >= 0.3 is 0 Å². The number of halogens is 1. The molecule has 0 saturated carbocycles. The second kappa shape index (κ2) is 6.67. The first-order valence-electron chi connectivity index (χ1n) is 6.35. The third-order valence-corrected chi connectivity index (χ3v) is 4.78. The molecule has 3 heteroatoms. The highest BCUT2D eigenvalue weighted by Crippen LogP contribution is 2.27. The van der Waals surface area contributed by atoms with Gasteiger partial charge in [0.25, 0.3) is 0 Å². The third-order valence-electron chi connectivity index (χ3n) is 3.27. The SMILES string of the molecule is CCCNC1CSCC1Cc1ccc(Cl)cc1. The van der Waals surface area contributed by atoms with Crippen molar-refractivity contribution in [3.63, 3.8) is 0 Å². The summed E-state index contributed by atoms with van der Waals surface area (Å²) < 4.78 is 0. The molecule has 1 aromatic carbocycles. The van der Waals surface area contributed by atoms with Gasteiger partial charge in [0.2, 0.25) is 0 Å². The lowest BCUT2D eigenvalue weighted by Crippen LogP contribution is -2.36. The molecule has 0 aromatic heterocycles. The summed E-state index contributed by atoms with van der Waals surface area (Å²) in [6.45, 7) is 3.37. The minimum Gasteiger partial charge on any atom is -0.313 e. The van der Waals surface area contributed by atoms with E-state index in [1.165, 1.54) is 29.9 Å². The summed E-state index contributed by atoms with van der Waals surface area (Å²) in [5.74, 6) is 3.31. The molecular formula is C14H20ClNS. The molecule has 0 aliphatic carbocycles. The fourth-order valence-corrected chi connectivity index (χ4v) is 3.84. The van der Waals surface area contributed by atoms with E-state index in [9.17, 15) is 0 Å². The number of hydrogen-bond acceptors (Lipinski definition) is 2. The number of benzene rings is 1. The van der Waals surface area contributed by atoms with Gasteiger partial charge in [-0.25, -0.2) is 0 Å². The maximum Gasteiger partial charge on any atom is 0.0406 e. The van der Waals surface area contributed by atoms with Crippen molar-refractivity contribution in [3.05, 3.63) is 34.9 Å². The Morgan fingerprint density at radius 2 is 2.06 bits per heavy atom. The van der Waals surface area contributed by atoms with Crippen molar-refractivity contribution in [1.29, 1.82) is 0 Å². The summed E-state index contributed by atoms with van der Waals surface area (Å²) in [5, 5.41) is 4.49. The molecule has 0 amide bonds. The summed E-state index contributed by atoms with van der Waals surface area (Å²) in [7, 11) is 0. The molecule has 2 rings (SSSR count). The Kier molecular flexibility index (Phi) is 5.20. The minimum atomic E-state index is 0.690. The average molecular weight is 270 g/mol. The van der Waals surface area contributed by atoms with Crippen LogP contribution in [0.2, 0.25) is 5.02 Å². The zero-order valence-corrected chi connectivity index (χ0v) is 11.9. The van der Waals surface area contributed by atoms with Gasteiger partial charge in [-0.05, 0) is 48.8 Å². The maximum absolute atomic E-state index is 5.91. The normalized spacial score (nSPS) is 24.1. The number of nitrogens with one attached hydrogen (secondary N) is 1. The van der Waals surface area contributed by atoms with Crippen LogP contribution in [0.5, 0.6) is 0 Å². The summed E-state index contributed by atoms with van der Waals surface area (Å²) in [6.07, 6.45) is 2.39. The van der Waals surface area contributed by atoms with Gasteiger partial charge in [0.05, 0.1) is 0 Å². The minimum absolute atomic E-state index is 0.690. The predicted octanol–water partition coefficient (Wildman–Crippen LogP) is 3.61. The van der Waals surface area contributed by atoms with Gasteiger partial charge < -0.3 is 5.32 Å². The molecule has 1 fully saturated rings. The van der Waals surface area contributed by atoms with Gasteiger partial charge in [-0.1, -0.05) is 30.7 Å². The van der Waals surface area contributed by atoms with Crippen molar-refractivity contribution in [2.45, 2.75) is 25.8 Å². The summed E-state index contributed by atoms with van der Waals surface area (Å²) in [6, 6.07) is 8.99. The van der Waals surface area contributed by atoms with Crippen LogP contribution in [0.3, 0.4) is 0 Å². The zero-order chi connectivity index (χ0) is 12.1. The summed E-state index contributed by atoms with van der Waals surface area (Å²) in [4.78, 5) is 0. The second-order valence-corrected chi connectivity index (χ2v) is 6.20. The van der Waals surface area contributed by atoms with Crippen LogP contribution in [0, 0.1) is 5.92 Å². The van der Waals surface area contributed by atoms with Gasteiger partial charge in [-0.2, -0.15) is 11.8 Å². The molecule has 1 N–H and O–H groups in total. The van der Waals surface area contributed by atoms with Crippen LogP contribution in [0.25, 0.3) is 0 Å². The van der Waals surface area contributed by atoms with Gasteiger partial charge in [-0.3, -0.25) is 0 Å². The van der Waals surface area contributed by atoms with Crippen LogP contribution in [0.1, 0.15) is 18.9 Å². The summed E-state index contributed by atoms with van der Waals surface area (Å²) >= 11 is 7.98. The lowest BCUT2D eigenvalue weighted by Gasteiger charge is -2.20. The molecule has 2 atom stereocenters. The number of hydrogen-bond donors (Lipinski definition) is 1. The Bertz CT molecular complexity index is 339. The standard InChI is InChI=1S/C14H20ClNS/c1-2-7-16-14-10-17-9-12(14)8-11-3-5-13(15)6-4-11/h3-6,12,14,16H,2,7-10H2,1H3. The average Bonchev–Trinajstić information content (AvgIpc) is 2.77. The first kappa shape index (κ1) is 13.3. The molecule has 0 spiro atoms. The van der Waals surface area contributed by atoms with E-state index in [0.29, 0.717) is 6.04 Å². The van der Waals surface area contributed by atoms with E-state index in [-0.39, 0.29) is 0 Å². The van der Waals surface area contributed by atoms with E-state index in [1.54, 1.807) is 0 Å². The molecule has 1 aromatic rings. The van der Waals surface area contributed by atoms with Crippen LogP contribution in [-0.2, 0) is 6.42 Å². The predicted molar refractivity (Wildman–Crippen MR) is 78.1 cm³/mol.